The Morgan fingerprint density at radius 3 is 2.91 bits per heavy atom. The number of anilines is 2. The zero-order chi connectivity index (χ0) is 16.4. The number of nitrogens with zero attached hydrogens (tertiary/aromatic N) is 2. The van der Waals surface area contributed by atoms with Crippen molar-refractivity contribution in [2.45, 2.75) is 32.2 Å². The van der Waals surface area contributed by atoms with Crippen LogP contribution >= 0.6 is 23.2 Å². The summed E-state index contributed by atoms with van der Waals surface area (Å²) in [5.74, 6) is 0.194. The van der Waals surface area contributed by atoms with Crippen LogP contribution in [0.5, 0.6) is 0 Å². The second-order valence-corrected chi connectivity index (χ2v) is 6.44. The lowest BCUT2D eigenvalue weighted by molar-refractivity contribution is 0.102. The highest BCUT2D eigenvalue weighted by molar-refractivity contribution is 6.42. The minimum atomic E-state index is -0.329. The first-order chi connectivity index (χ1) is 11.1. The summed E-state index contributed by atoms with van der Waals surface area (Å²) in [6.45, 7) is 2.99. The molecule has 2 heterocycles. The first kappa shape index (κ1) is 16.1. The van der Waals surface area contributed by atoms with E-state index < -0.39 is 0 Å². The number of carbonyl (C=O) groups is 1. The van der Waals surface area contributed by atoms with Gasteiger partial charge in [0.05, 0.1) is 10.0 Å². The van der Waals surface area contributed by atoms with Crippen LogP contribution in [0.3, 0.4) is 0 Å². The molecule has 0 bridgehead atoms. The van der Waals surface area contributed by atoms with E-state index in [-0.39, 0.29) is 11.6 Å². The maximum Gasteiger partial charge on any atom is 0.279 e. The molecule has 1 saturated heterocycles. The highest BCUT2D eigenvalue weighted by Gasteiger charge is 2.27. The van der Waals surface area contributed by atoms with Crippen molar-refractivity contribution in [3.05, 3.63) is 40.3 Å². The van der Waals surface area contributed by atoms with Crippen molar-refractivity contribution in [1.82, 2.24) is 4.98 Å². The Balaban J connectivity index is 1.80. The van der Waals surface area contributed by atoms with Crippen molar-refractivity contribution in [3.63, 3.8) is 0 Å². The van der Waals surface area contributed by atoms with Crippen LogP contribution in [0.15, 0.2) is 29.0 Å². The number of nitrogens with one attached hydrogen (secondary N) is 1. The third-order valence-electron chi connectivity index (χ3n) is 4.01. The fraction of sp³-hybridized carbons (Fsp3) is 0.375. The lowest BCUT2D eigenvalue weighted by atomic mass is 10.0. The maximum atomic E-state index is 12.5. The van der Waals surface area contributed by atoms with Gasteiger partial charge in [-0.3, -0.25) is 4.79 Å². The summed E-state index contributed by atoms with van der Waals surface area (Å²) in [5.41, 5.74) is 0.842. The molecule has 1 aromatic carbocycles. The van der Waals surface area contributed by atoms with Crippen LogP contribution in [0.2, 0.25) is 10.0 Å². The SMILES string of the molecule is CC1CCCCN1c1ocnc1C(=O)Nc1ccc(Cl)c(Cl)c1. The lowest BCUT2D eigenvalue weighted by Gasteiger charge is -2.33. The van der Waals surface area contributed by atoms with Crippen molar-refractivity contribution < 1.29 is 9.21 Å². The number of hydrogen-bond donors (Lipinski definition) is 1. The van der Waals surface area contributed by atoms with Crippen molar-refractivity contribution in [2.75, 3.05) is 16.8 Å². The summed E-state index contributed by atoms with van der Waals surface area (Å²) < 4.78 is 5.48. The Hall–Kier alpha value is -1.72. The monoisotopic (exact) mass is 353 g/mol. The molecule has 2 aromatic rings. The Morgan fingerprint density at radius 2 is 2.17 bits per heavy atom. The second kappa shape index (κ2) is 6.81. The number of benzene rings is 1. The number of rotatable bonds is 3. The molecule has 1 aliphatic rings. The zero-order valence-corrected chi connectivity index (χ0v) is 14.2. The highest BCUT2D eigenvalue weighted by Crippen LogP contribution is 2.29. The lowest BCUT2D eigenvalue weighted by Crippen LogP contribution is -2.38. The second-order valence-electron chi connectivity index (χ2n) is 5.63. The van der Waals surface area contributed by atoms with Gasteiger partial charge in [-0.15, -0.1) is 0 Å². The van der Waals surface area contributed by atoms with Crippen LogP contribution in [0, 0.1) is 0 Å². The predicted molar refractivity (Wildman–Crippen MR) is 91.6 cm³/mol. The molecule has 7 heteroatoms. The third kappa shape index (κ3) is 3.46. The first-order valence-corrected chi connectivity index (χ1v) is 8.28. The molecule has 1 aromatic heterocycles. The van der Waals surface area contributed by atoms with Gasteiger partial charge in [-0.05, 0) is 44.4 Å². The minimum absolute atomic E-state index is 0.282. The van der Waals surface area contributed by atoms with E-state index in [4.69, 9.17) is 27.6 Å². The number of hydrogen-bond acceptors (Lipinski definition) is 4. The molecule has 1 N–H and O–H groups in total. The average molecular weight is 354 g/mol. The molecular weight excluding hydrogens is 337 g/mol. The molecule has 3 rings (SSSR count). The summed E-state index contributed by atoms with van der Waals surface area (Å²) in [7, 11) is 0. The van der Waals surface area contributed by atoms with Crippen LogP contribution in [-0.2, 0) is 0 Å². The van der Waals surface area contributed by atoms with E-state index in [0.717, 1.165) is 19.4 Å². The normalized spacial score (nSPS) is 18.0. The van der Waals surface area contributed by atoms with Crippen molar-refractivity contribution in [1.29, 1.82) is 0 Å². The van der Waals surface area contributed by atoms with Crippen molar-refractivity contribution in [3.8, 4) is 0 Å². The average Bonchev–Trinajstić information content (AvgIpc) is 3.01. The Bertz CT molecular complexity index is 717. The quantitative estimate of drug-likeness (QED) is 0.874. The van der Waals surface area contributed by atoms with E-state index in [2.05, 4.69) is 22.1 Å². The summed E-state index contributed by atoms with van der Waals surface area (Å²) in [6, 6.07) is 5.25. The molecule has 5 nitrogen and oxygen atoms in total. The number of aromatic nitrogens is 1. The largest absolute Gasteiger partial charge is 0.427 e. The summed E-state index contributed by atoms with van der Waals surface area (Å²) >= 11 is 11.8. The zero-order valence-electron chi connectivity index (χ0n) is 12.7. The molecule has 122 valence electrons. The van der Waals surface area contributed by atoms with Gasteiger partial charge in [-0.2, -0.15) is 0 Å². The molecular formula is C16H17Cl2N3O2. The molecule has 0 spiro atoms. The van der Waals surface area contributed by atoms with Gasteiger partial charge < -0.3 is 14.6 Å². The van der Waals surface area contributed by atoms with Gasteiger partial charge in [0.2, 0.25) is 5.88 Å². The molecule has 0 radical (unpaired) electrons. The van der Waals surface area contributed by atoms with E-state index in [9.17, 15) is 4.79 Å². The third-order valence-corrected chi connectivity index (χ3v) is 4.74. The standard InChI is InChI=1S/C16H17Cl2N3O2/c1-10-4-2-3-7-21(10)16-14(19-9-23-16)15(22)20-11-5-6-12(17)13(18)8-11/h5-6,8-10H,2-4,7H2,1H3,(H,20,22). The van der Waals surface area contributed by atoms with Crippen LogP contribution in [0.25, 0.3) is 0 Å². The number of piperidine rings is 1. The first-order valence-electron chi connectivity index (χ1n) is 7.53. The number of amides is 1. The molecule has 23 heavy (non-hydrogen) atoms. The van der Waals surface area contributed by atoms with E-state index in [1.165, 1.54) is 12.8 Å². The van der Waals surface area contributed by atoms with E-state index in [0.29, 0.717) is 27.7 Å². The van der Waals surface area contributed by atoms with Crippen molar-refractivity contribution in [2.24, 2.45) is 0 Å². The Kier molecular flexibility index (Phi) is 4.78. The van der Waals surface area contributed by atoms with Gasteiger partial charge >= 0.3 is 0 Å². The van der Waals surface area contributed by atoms with E-state index >= 15 is 0 Å². The number of oxazole rings is 1. The molecule has 0 saturated carbocycles. The molecule has 1 amide bonds. The molecule has 1 unspecified atom stereocenters. The summed E-state index contributed by atoms with van der Waals surface area (Å²) in [5, 5.41) is 3.60. The number of carbonyl (C=O) groups excluding carboxylic acids is 1. The van der Waals surface area contributed by atoms with Gasteiger partial charge in [-0.25, -0.2) is 4.98 Å². The van der Waals surface area contributed by atoms with Crippen LogP contribution < -0.4 is 10.2 Å². The smallest absolute Gasteiger partial charge is 0.279 e. The van der Waals surface area contributed by atoms with Crippen molar-refractivity contribution >= 4 is 40.7 Å². The topological polar surface area (TPSA) is 58.4 Å². The fourth-order valence-corrected chi connectivity index (χ4v) is 3.06. The van der Waals surface area contributed by atoms with Gasteiger partial charge in [0, 0.05) is 18.3 Å². The fourth-order valence-electron chi connectivity index (χ4n) is 2.76. The maximum absolute atomic E-state index is 12.5. The van der Waals surface area contributed by atoms with E-state index in [1.54, 1.807) is 18.2 Å². The molecule has 0 aliphatic carbocycles. The van der Waals surface area contributed by atoms with Gasteiger partial charge in [0.1, 0.15) is 0 Å². The van der Waals surface area contributed by atoms with Crippen LogP contribution in [0.4, 0.5) is 11.6 Å². The molecule has 1 fully saturated rings. The minimum Gasteiger partial charge on any atom is -0.427 e. The predicted octanol–water partition coefficient (Wildman–Crippen LogP) is 4.61. The van der Waals surface area contributed by atoms with Crippen LogP contribution in [0.1, 0.15) is 36.7 Å². The van der Waals surface area contributed by atoms with E-state index in [1.807, 2.05) is 0 Å². The molecule has 1 atom stereocenters. The van der Waals surface area contributed by atoms with Gasteiger partial charge in [0.25, 0.3) is 5.91 Å². The van der Waals surface area contributed by atoms with Gasteiger partial charge in [0.15, 0.2) is 12.1 Å². The summed E-state index contributed by atoms with van der Waals surface area (Å²) in [4.78, 5) is 18.7. The Labute approximate surface area is 144 Å². The van der Waals surface area contributed by atoms with Crippen LogP contribution in [-0.4, -0.2) is 23.5 Å². The molecule has 1 aliphatic heterocycles. The van der Waals surface area contributed by atoms with Gasteiger partial charge in [-0.1, -0.05) is 23.2 Å². The number of halogens is 2. The Morgan fingerprint density at radius 1 is 1.35 bits per heavy atom. The highest BCUT2D eigenvalue weighted by atomic mass is 35.5. The summed E-state index contributed by atoms with van der Waals surface area (Å²) in [6.07, 6.45) is 4.66.